The number of carbonyl (C=O) groups excluding carboxylic acids is 1. The second-order valence-corrected chi connectivity index (χ2v) is 7.83. The zero-order chi connectivity index (χ0) is 17.7. The molecule has 2 fully saturated rings. The van der Waals surface area contributed by atoms with Crippen LogP contribution in [0.1, 0.15) is 0 Å². The summed E-state index contributed by atoms with van der Waals surface area (Å²) >= 11 is 0. The first-order valence-electron chi connectivity index (χ1n) is 8.35. The van der Waals surface area contributed by atoms with E-state index in [0.717, 1.165) is 0 Å². The number of nitrogens with one attached hydrogen (secondary N) is 1. The lowest BCUT2D eigenvalue weighted by Gasteiger charge is -2.27. The summed E-state index contributed by atoms with van der Waals surface area (Å²) in [5.74, 6) is -0.0234. The predicted octanol–water partition coefficient (Wildman–Crippen LogP) is -0.0218. The number of ether oxygens (including phenoxy) is 2. The van der Waals surface area contributed by atoms with Crippen molar-refractivity contribution >= 4 is 21.6 Å². The molecule has 2 aliphatic rings. The van der Waals surface area contributed by atoms with Gasteiger partial charge in [-0.1, -0.05) is 6.07 Å². The van der Waals surface area contributed by atoms with Crippen LogP contribution >= 0.6 is 0 Å². The Morgan fingerprint density at radius 2 is 1.68 bits per heavy atom. The molecule has 0 unspecified atom stereocenters. The zero-order valence-electron chi connectivity index (χ0n) is 14.0. The third-order valence-electron chi connectivity index (χ3n) is 4.25. The fraction of sp³-hybridized carbons (Fsp3) is 0.562. The lowest BCUT2D eigenvalue weighted by Crippen LogP contribution is -2.43. The smallest absolute Gasteiger partial charge is 0.243 e. The molecule has 0 aromatic heterocycles. The van der Waals surface area contributed by atoms with Gasteiger partial charge in [-0.2, -0.15) is 4.31 Å². The van der Waals surface area contributed by atoms with Gasteiger partial charge in [-0.25, -0.2) is 8.42 Å². The van der Waals surface area contributed by atoms with Crippen LogP contribution in [0.4, 0.5) is 5.69 Å². The summed E-state index contributed by atoms with van der Waals surface area (Å²) < 4.78 is 37.2. The lowest BCUT2D eigenvalue weighted by atomic mass is 10.3. The number of amides is 1. The molecule has 2 heterocycles. The third kappa shape index (κ3) is 4.49. The van der Waals surface area contributed by atoms with Crippen LogP contribution in [0.5, 0.6) is 0 Å². The van der Waals surface area contributed by atoms with Crippen LogP contribution < -0.4 is 5.32 Å². The summed E-state index contributed by atoms with van der Waals surface area (Å²) in [5, 5.41) is 3.02. The van der Waals surface area contributed by atoms with Gasteiger partial charge in [-0.05, 0) is 18.2 Å². The van der Waals surface area contributed by atoms with Crippen LogP contribution in [0.15, 0.2) is 29.2 Å². The van der Waals surface area contributed by atoms with E-state index in [1.54, 1.807) is 29.2 Å². The van der Waals surface area contributed by atoms with E-state index in [1.807, 2.05) is 0 Å². The molecule has 9 heteroatoms. The first kappa shape index (κ1) is 18.1. The fourth-order valence-corrected chi connectivity index (χ4v) is 4.26. The van der Waals surface area contributed by atoms with Gasteiger partial charge in [0.05, 0.1) is 37.9 Å². The van der Waals surface area contributed by atoms with Crippen molar-refractivity contribution < 1.29 is 22.7 Å². The highest BCUT2D eigenvalue weighted by molar-refractivity contribution is 7.89. The molecule has 0 bridgehead atoms. The topological polar surface area (TPSA) is 88.2 Å². The Morgan fingerprint density at radius 1 is 1.04 bits per heavy atom. The van der Waals surface area contributed by atoms with E-state index in [1.165, 1.54) is 4.31 Å². The number of hydrogen-bond acceptors (Lipinski definition) is 6. The van der Waals surface area contributed by atoms with Crippen LogP contribution in [0.3, 0.4) is 0 Å². The summed E-state index contributed by atoms with van der Waals surface area (Å²) in [6.07, 6.45) is 0. The van der Waals surface area contributed by atoms with Crippen molar-refractivity contribution in [3.05, 3.63) is 24.3 Å². The first-order valence-corrected chi connectivity index (χ1v) is 9.79. The average molecular weight is 369 g/mol. The summed E-state index contributed by atoms with van der Waals surface area (Å²) in [7, 11) is -3.54. The molecule has 2 saturated heterocycles. The Morgan fingerprint density at radius 3 is 2.36 bits per heavy atom. The number of morpholine rings is 2. The number of anilines is 1. The molecule has 2 aliphatic heterocycles. The molecule has 0 aliphatic carbocycles. The van der Waals surface area contributed by atoms with E-state index in [-0.39, 0.29) is 17.3 Å². The van der Waals surface area contributed by atoms with Gasteiger partial charge < -0.3 is 19.7 Å². The van der Waals surface area contributed by atoms with Gasteiger partial charge in [-0.15, -0.1) is 0 Å². The standard InChI is InChI=1S/C16H23N3O5S/c20-16(18-4-8-23-9-5-18)13-17-14-2-1-3-15(12-14)25(21,22)19-6-10-24-11-7-19/h1-3,12,17H,4-11,13H2. The van der Waals surface area contributed by atoms with Crippen LogP contribution in [-0.2, 0) is 24.3 Å². The van der Waals surface area contributed by atoms with E-state index in [2.05, 4.69) is 5.32 Å². The first-order chi connectivity index (χ1) is 12.1. The third-order valence-corrected chi connectivity index (χ3v) is 6.14. The van der Waals surface area contributed by atoms with Crippen LogP contribution in [0.25, 0.3) is 0 Å². The summed E-state index contributed by atoms with van der Waals surface area (Å²) in [6, 6.07) is 6.57. The van der Waals surface area contributed by atoms with E-state index < -0.39 is 10.0 Å². The van der Waals surface area contributed by atoms with Crippen LogP contribution in [0.2, 0.25) is 0 Å². The van der Waals surface area contributed by atoms with E-state index in [9.17, 15) is 13.2 Å². The average Bonchev–Trinajstić information content (AvgIpc) is 2.67. The molecule has 1 aromatic carbocycles. The molecule has 1 aromatic rings. The highest BCUT2D eigenvalue weighted by Crippen LogP contribution is 2.20. The minimum atomic E-state index is -3.54. The van der Waals surface area contributed by atoms with Crippen molar-refractivity contribution in [3.63, 3.8) is 0 Å². The number of carbonyl (C=O) groups is 1. The van der Waals surface area contributed by atoms with Gasteiger partial charge in [0.2, 0.25) is 15.9 Å². The second kappa shape index (κ2) is 8.13. The Hall–Kier alpha value is -1.68. The van der Waals surface area contributed by atoms with Gasteiger partial charge in [0.1, 0.15) is 0 Å². The summed E-state index contributed by atoms with van der Waals surface area (Å²) in [4.78, 5) is 14.1. The fourth-order valence-electron chi connectivity index (χ4n) is 2.80. The second-order valence-electron chi connectivity index (χ2n) is 5.89. The molecule has 138 valence electrons. The molecule has 1 amide bonds. The highest BCUT2D eigenvalue weighted by Gasteiger charge is 2.26. The Balaban J connectivity index is 1.63. The molecule has 0 radical (unpaired) electrons. The zero-order valence-corrected chi connectivity index (χ0v) is 14.8. The van der Waals surface area contributed by atoms with E-state index in [0.29, 0.717) is 58.3 Å². The predicted molar refractivity (Wildman–Crippen MR) is 91.9 cm³/mol. The molecule has 8 nitrogen and oxygen atoms in total. The van der Waals surface area contributed by atoms with Gasteiger partial charge in [-0.3, -0.25) is 4.79 Å². The van der Waals surface area contributed by atoms with Crippen molar-refractivity contribution in [3.8, 4) is 0 Å². The van der Waals surface area contributed by atoms with Crippen molar-refractivity contribution in [2.45, 2.75) is 4.90 Å². The Kier molecular flexibility index (Phi) is 5.89. The van der Waals surface area contributed by atoms with Crippen LogP contribution in [0, 0.1) is 0 Å². The van der Waals surface area contributed by atoms with E-state index in [4.69, 9.17) is 9.47 Å². The number of benzene rings is 1. The molecule has 0 saturated carbocycles. The number of sulfonamides is 1. The Labute approximate surface area is 147 Å². The minimum Gasteiger partial charge on any atom is -0.379 e. The SMILES string of the molecule is O=C(CNc1cccc(S(=O)(=O)N2CCOCC2)c1)N1CCOCC1. The number of nitrogens with zero attached hydrogens (tertiary/aromatic N) is 2. The molecular weight excluding hydrogens is 346 g/mol. The van der Waals surface area contributed by atoms with Gasteiger partial charge in [0.25, 0.3) is 0 Å². The quantitative estimate of drug-likeness (QED) is 0.785. The van der Waals surface area contributed by atoms with Gasteiger partial charge >= 0.3 is 0 Å². The van der Waals surface area contributed by atoms with Crippen molar-refractivity contribution in [1.29, 1.82) is 0 Å². The number of hydrogen-bond donors (Lipinski definition) is 1. The molecule has 0 spiro atoms. The molecule has 25 heavy (non-hydrogen) atoms. The summed E-state index contributed by atoms with van der Waals surface area (Å²) in [6.45, 7) is 3.94. The highest BCUT2D eigenvalue weighted by atomic mass is 32.2. The molecule has 1 N–H and O–H groups in total. The molecule has 3 rings (SSSR count). The van der Waals surface area contributed by atoms with Crippen molar-refractivity contribution in [1.82, 2.24) is 9.21 Å². The lowest BCUT2D eigenvalue weighted by molar-refractivity contribution is -0.133. The largest absolute Gasteiger partial charge is 0.379 e. The van der Waals surface area contributed by atoms with Crippen molar-refractivity contribution in [2.24, 2.45) is 0 Å². The Bertz CT molecular complexity index is 697. The van der Waals surface area contributed by atoms with Crippen LogP contribution in [-0.4, -0.2) is 82.7 Å². The maximum Gasteiger partial charge on any atom is 0.243 e. The maximum absolute atomic E-state index is 12.7. The van der Waals surface area contributed by atoms with Crippen molar-refractivity contribution in [2.75, 3.05) is 64.5 Å². The van der Waals surface area contributed by atoms with Gasteiger partial charge in [0.15, 0.2) is 0 Å². The molecule has 0 atom stereocenters. The van der Waals surface area contributed by atoms with Gasteiger partial charge in [0, 0.05) is 31.9 Å². The van der Waals surface area contributed by atoms with E-state index >= 15 is 0 Å². The molecular formula is C16H23N3O5S. The number of rotatable bonds is 5. The monoisotopic (exact) mass is 369 g/mol. The normalized spacial score (nSPS) is 19.6. The summed E-state index contributed by atoms with van der Waals surface area (Å²) in [5.41, 5.74) is 0.607. The maximum atomic E-state index is 12.7. The minimum absolute atomic E-state index is 0.0234.